The lowest BCUT2D eigenvalue weighted by molar-refractivity contribution is -0.149. The van der Waals surface area contributed by atoms with Gasteiger partial charge in [-0.05, 0) is 40.5 Å². The molecule has 0 radical (unpaired) electrons. The highest BCUT2D eigenvalue weighted by atomic mass is 16.6. The molecule has 0 spiro atoms. The first-order chi connectivity index (χ1) is 11.9. The number of carboxylic acid groups (broad SMARTS) is 1. The molecule has 9 heteroatoms. The van der Waals surface area contributed by atoms with E-state index in [9.17, 15) is 19.2 Å². The number of rotatable bonds is 10. The third kappa shape index (κ3) is 12.1. The highest BCUT2D eigenvalue weighted by molar-refractivity contribution is 5.85. The Morgan fingerprint density at radius 2 is 1.73 bits per heavy atom. The fourth-order valence-corrected chi connectivity index (χ4v) is 1.74. The summed E-state index contributed by atoms with van der Waals surface area (Å²) in [5.41, 5.74) is -0.658. The minimum absolute atomic E-state index is 0.0161. The molecule has 0 aliphatic carbocycles. The molecule has 0 saturated heterocycles. The summed E-state index contributed by atoms with van der Waals surface area (Å²) >= 11 is 0. The molecule has 0 bridgehead atoms. The van der Waals surface area contributed by atoms with Crippen LogP contribution in [0, 0.1) is 0 Å². The van der Waals surface area contributed by atoms with Crippen LogP contribution in [0.2, 0.25) is 0 Å². The van der Waals surface area contributed by atoms with E-state index < -0.39 is 35.6 Å². The lowest BCUT2D eigenvalue weighted by Gasteiger charge is -2.20. The number of carbonyl (C=O) groups excluding carboxylic acids is 3. The van der Waals surface area contributed by atoms with Gasteiger partial charge in [-0.15, -0.1) is 0 Å². The second kappa shape index (κ2) is 11.3. The SMILES string of the molecule is CCC(C)OC(=O)CCC(=O)N[C@@H](CCNC(=O)OC(C)(C)C)C(=O)O. The van der Waals surface area contributed by atoms with Crippen LogP contribution in [0.1, 0.15) is 60.3 Å². The fourth-order valence-electron chi connectivity index (χ4n) is 1.74. The quantitative estimate of drug-likeness (QED) is 0.495. The second-order valence-corrected chi connectivity index (χ2v) is 6.88. The number of esters is 1. The average Bonchev–Trinajstić information content (AvgIpc) is 2.49. The van der Waals surface area contributed by atoms with E-state index >= 15 is 0 Å². The molecule has 0 aromatic heterocycles. The maximum atomic E-state index is 11.8. The average molecular weight is 374 g/mol. The molecule has 0 aliphatic rings. The van der Waals surface area contributed by atoms with Crippen molar-refractivity contribution in [3.8, 4) is 0 Å². The predicted molar refractivity (Wildman–Crippen MR) is 93.5 cm³/mol. The molecule has 2 atom stereocenters. The summed E-state index contributed by atoms with van der Waals surface area (Å²) in [6.45, 7) is 8.75. The van der Waals surface area contributed by atoms with Crippen molar-refractivity contribution >= 4 is 23.9 Å². The van der Waals surface area contributed by atoms with Crippen LogP contribution < -0.4 is 10.6 Å². The molecule has 9 nitrogen and oxygen atoms in total. The maximum absolute atomic E-state index is 11.8. The summed E-state index contributed by atoms with van der Waals surface area (Å²) in [6, 6.07) is -1.18. The van der Waals surface area contributed by atoms with Crippen molar-refractivity contribution in [3.63, 3.8) is 0 Å². The van der Waals surface area contributed by atoms with Crippen LogP contribution >= 0.6 is 0 Å². The van der Waals surface area contributed by atoms with Crippen LogP contribution in [0.3, 0.4) is 0 Å². The first-order valence-corrected chi connectivity index (χ1v) is 8.63. The monoisotopic (exact) mass is 374 g/mol. The Labute approximate surface area is 153 Å². The van der Waals surface area contributed by atoms with Gasteiger partial charge in [0.25, 0.3) is 0 Å². The number of carboxylic acids is 1. The van der Waals surface area contributed by atoms with Gasteiger partial charge in [0.05, 0.1) is 12.5 Å². The van der Waals surface area contributed by atoms with Crippen LogP contribution in [0.4, 0.5) is 4.79 Å². The number of ether oxygens (including phenoxy) is 2. The van der Waals surface area contributed by atoms with Gasteiger partial charge in [0.15, 0.2) is 0 Å². The number of nitrogens with one attached hydrogen (secondary N) is 2. The minimum atomic E-state index is -1.23. The Morgan fingerprint density at radius 3 is 2.23 bits per heavy atom. The second-order valence-electron chi connectivity index (χ2n) is 6.88. The van der Waals surface area contributed by atoms with Crippen molar-refractivity contribution in [2.45, 2.75) is 78.0 Å². The first-order valence-electron chi connectivity index (χ1n) is 8.63. The topological polar surface area (TPSA) is 131 Å². The Morgan fingerprint density at radius 1 is 1.12 bits per heavy atom. The molecule has 0 rings (SSSR count). The maximum Gasteiger partial charge on any atom is 0.407 e. The first kappa shape index (κ1) is 23.7. The standard InChI is InChI=1S/C17H30N2O7/c1-6-11(2)25-14(21)8-7-13(20)19-12(15(22)23)9-10-18-16(24)26-17(3,4)5/h11-12H,6-10H2,1-5H3,(H,18,24)(H,19,20)(H,22,23)/t11?,12-/m0/s1. The number of amides is 2. The van der Waals surface area contributed by atoms with E-state index in [1.807, 2.05) is 6.92 Å². The largest absolute Gasteiger partial charge is 0.480 e. The van der Waals surface area contributed by atoms with Crippen molar-refractivity contribution in [1.82, 2.24) is 10.6 Å². The lowest BCUT2D eigenvalue weighted by Crippen LogP contribution is -2.43. The summed E-state index contributed by atoms with van der Waals surface area (Å²) in [5.74, 6) is -2.31. The summed E-state index contributed by atoms with van der Waals surface area (Å²) in [5, 5.41) is 13.9. The molecule has 0 fully saturated rings. The van der Waals surface area contributed by atoms with Crippen LogP contribution in [-0.4, -0.2) is 53.3 Å². The Hall–Kier alpha value is -2.32. The Kier molecular flexibility index (Phi) is 10.3. The number of alkyl carbamates (subject to hydrolysis) is 1. The smallest absolute Gasteiger partial charge is 0.407 e. The number of hydrogen-bond donors (Lipinski definition) is 3. The molecule has 0 heterocycles. The van der Waals surface area contributed by atoms with Crippen LogP contribution in [-0.2, 0) is 23.9 Å². The van der Waals surface area contributed by atoms with Gasteiger partial charge in [0, 0.05) is 13.0 Å². The molecule has 0 aromatic rings. The predicted octanol–water partition coefficient (Wildman–Crippen LogP) is 1.59. The van der Waals surface area contributed by atoms with Gasteiger partial charge in [0.1, 0.15) is 11.6 Å². The third-order valence-electron chi connectivity index (χ3n) is 3.20. The van der Waals surface area contributed by atoms with E-state index in [1.54, 1.807) is 27.7 Å². The zero-order valence-electron chi connectivity index (χ0n) is 16.1. The zero-order valence-corrected chi connectivity index (χ0v) is 16.1. The van der Waals surface area contributed by atoms with Crippen molar-refractivity contribution in [2.75, 3.05) is 6.54 Å². The highest BCUT2D eigenvalue weighted by Crippen LogP contribution is 2.06. The van der Waals surface area contributed by atoms with Gasteiger partial charge >= 0.3 is 18.0 Å². The lowest BCUT2D eigenvalue weighted by atomic mass is 10.2. The van der Waals surface area contributed by atoms with Gasteiger partial charge in [-0.25, -0.2) is 9.59 Å². The van der Waals surface area contributed by atoms with E-state index in [-0.39, 0.29) is 31.9 Å². The zero-order chi connectivity index (χ0) is 20.3. The van der Waals surface area contributed by atoms with Crippen molar-refractivity contribution in [1.29, 1.82) is 0 Å². The minimum Gasteiger partial charge on any atom is -0.480 e. The van der Waals surface area contributed by atoms with Crippen LogP contribution in [0.25, 0.3) is 0 Å². The molecule has 0 saturated carbocycles. The van der Waals surface area contributed by atoms with Crippen LogP contribution in [0.5, 0.6) is 0 Å². The molecule has 3 N–H and O–H groups in total. The Bertz CT molecular complexity index is 500. The van der Waals surface area contributed by atoms with Gasteiger partial charge in [0.2, 0.25) is 5.91 Å². The van der Waals surface area contributed by atoms with Crippen molar-refractivity contribution in [3.05, 3.63) is 0 Å². The fraction of sp³-hybridized carbons (Fsp3) is 0.765. The normalized spacial score (nSPS) is 13.3. The molecule has 2 amide bonds. The van der Waals surface area contributed by atoms with E-state index in [0.29, 0.717) is 6.42 Å². The molecular formula is C17H30N2O7. The van der Waals surface area contributed by atoms with Gasteiger partial charge in [-0.2, -0.15) is 0 Å². The molecule has 0 aromatic carbocycles. The number of aliphatic carboxylic acids is 1. The van der Waals surface area contributed by atoms with Crippen molar-refractivity contribution in [2.24, 2.45) is 0 Å². The molecular weight excluding hydrogens is 344 g/mol. The molecule has 1 unspecified atom stereocenters. The van der Waals surface area contributed by atoms with Gasteiger partial charge in [-0.1, -0.05) is 6.92 Å². The van der Waals surface area contributed by atoms with Gasteiger partial charge < -0.3 is 25.2 Å². The number of carbonyl (C=O) groups is 4. The molecule has 0 aliphatic heterocycles. The highest BCUT2D eigenvalue weighted by Gasteiger charge is 2.22. The summed E-state index contributed by atoms with van der Waals surface area (Å²) in [6.07, 6.45) is -0.532. The molecule has 26 heavy (non-hydrogen) atoms. The van der Waals surface area contributed by atoms with E-state index in [0.717, 1.165) is 0 Å². The van der Waals surface area contributed by atoms with Gasteiger partial charge in [-0.3, -0.25) is 9.59 Å². The Balaban J connectivity index is 4.26. The third-order valence-corrected chi connectivity index (χ3v) is 3.20. The summed E-state index contributed by atoms with van der Waals surface area (Å²) in [7, 11) is 0. The summed E-state index contributed by atoms with van der Waals surface area (Å²) in [4.78, 5) is 46.0. The molecule has 150 valence electrons. The number of hydrogen-bond acceptors (Lipinski definition) is 6. The van der Waals surface area contributed by atoms with Crippen LogP contribution in [0.15, 0.2) is 0 Å². The summed E-state index contributed by atoms with van der Waals surface area (Å²) < 4.78 is 10.1. The van der Waals surface area contributed by atoms with E-state index in [1.165, 1.54) is 0 Å². The van der Waals surface area contributed by atoms with Crippen molar-refractivity contribution < 1.29 is 33.8 Å². The van der Waals surface area contributed by atoms with E-state index in [2.05, 4.69) is 10.6 Å². The van der Waals surface area contributed by atoms with E-state index in [4.69, 9.17) is 14.6 Å².